The van der Waals surface area contributed by atoms with Gasteiger partial charge in [-0.05, 0) is 24.6 Å². The van der Waals surface area contributed by atoms with Gasteiger partial charge in [0.2, 0.25) is 0 Å². The molecule has 2 heterocycles. The van der Waals surface area contributed by atoms with Gasteiger partial charge in [0.15, 0.2) is 0 Å². The van der Waals surface area contributed by atoms with Crippen LogP contribution in [-0.2, 0) is 0 Å². The molecule has 6 nitrogen and oxygen atoms in total. The minimum atomic E-state index is -1.04. The lowest BCUT2D eigenvalue weighted by atomic mass is 10.1. The van der Waals surface area contributed by atoms with Gasteiger partial charge in [-0.3, -0.25) is 4.98 Å². The number of rotatable bonds is 2. The number of aromatic hydroxyl groups is 1. The van der Waals surface area contributed by atoms with Gasteiger partial charge in [-0.25, -0.2) is 4.79 Å². The highest BCUT2D eigenvalue weighted by molar-refractivity contribution is 6.05. The molecule has 0 amide bonds. The molecule has 1 aromatic carbocycles. The summed E-state index contributed by atoms with van der Waals surface area (Å²) < 4.78 is 0. The largest absolute Gasteiger partial charge is 0.506 e. The summed E-state index contributed by atoms with van der Waals surface area (Å²) in [5, 5.41) is 19.5. The number of nitrogens with two attached hydrogens (primary N) is 1. The molecule has 0 bridgehead atoms. The summed E-state index contributed by atoms with van der Waals surface area (Å²) >= 11 is 0. The number of aromatic nitrogens is 1. The SMILES string of the molecule is N[C@H]1CCN(c2cnc3c(O)ccc(C(=O)O)c3c2)C1. The summed E-state index contributed by atoms with van der Waals surface area (Å²) in [6.45, 7) is 1.56. The lowest BCUT2D eigenvalue weighted by Gasteiger charge is -2.18. The number of anilines is 1. The van der Waals surface area contributed by atoms with Crippen molar-refractivity contribution < 1.29 is 15.0 Å². The molecule has 0 radical (unpaired) electrons. The molecule has 20 heavy (non-hydrogen) atoms. The lowest BCUT2D eigenvalue weighted by molar-refractivity contribution is 0.0699. The van der Waals surface area contributed by atoms with Crippen molar-refractivity contribution in [1.29, 1.82) is 0 Å². The van der Waals surface area contributed by atoms with Crippen molar-refractivity contribution in [2.45, 2.75) is 12.5 Å². The van der Waals surface area contributed by atoms with Gasteiger partial charge < -0.3 is 20.8 Å². The fraction of sp³-hybridized carbons (Fsp3) is 0.286. The second-order valence-corrected chi connectivity index (χ2v) is 5.02. The molecule has 0 unspecified atom stereocenters. The Bertz CT molecular complexity index is 687. The molecule has 1 aliphatic rings. The first-order valence-corrected chi connectivity index (χ1v) is 6.42. The van der Waals surface area contributed by atoms with Crippen LogP contribution in [0.1, 0.15) is 16.8 Å². The maximum atomic E-state index is 11.3. The third kappa shape index (κ3) is 2.04. The van der Waals surface area contributed by atoms with Crippen molar-refractivity contribution in [2.75, 3.05) is 18.0 Å². The number of pyridine rings is 1. The molecule has 104 valence electrons. The third-order valence-corrected chi connectivity index (χ3v) is 3.63. The number of carboxylic acids is 1. The van der Waals surface area contributed by atoms with E-state index in [4.69, 9.17) is 5.73 Å². The molecule has 3 rings (SSSR count). The Morgan fingerprint density at radius 2 is 2.25 bits per heavy atom. The average Bonchev–Trinajstić information content (AvgIpc) is 2.85. The number of phenolic OH excluding ortho intramolecular Hbond substituents is 1. The highest BCUT2D eigenvalue weighted by Crippen LogP contribution is 2.30. The number of fused-ring (bicyclic) bond motifs is 1. The van der Waals surface area contributed by atoms with E-state index in [1.54, 1.807) is 12.3 Å². The first kappa shape index (κ1) is 12.7. The van der Waals surface area contributed by atoms with Crippen LogP contribution in [0.15, 0.2) is 24.4 Å². The normalized spacial score (nSPS) is 18.6. The zero-order chi connectivity index (χ0) is 14.3. The summed E-state index contributed by atoms with van der Waals surface area (Å²) in [7, 11) is 0. The molecule has 1 aliphatic heterocycles. The highest BCUT2D eigenvalue weighted by atomic mass is 16.4. The predicted molar refractivity (Wildman–Crippen MR) is 75.2 cm³/mol. The summed E-state index contributed by atoms with van der Waals surface area (Å²) in [6, 6.07) is 4.63. The summed E-state index contributed by atoms with van der Waals surface area (Å²) in [5.74, 6) is -1.05. The Labute approximate surface area is 115 Å². The van der Waals surface area contributed by atoms with Crippen LogP contribution in [0.4, 0.5) is 5.69 Å². The fourth-order valence-electron chi connectivity index (χ4n) is 2.58. The molecule has 0 aliphatic carbocycles. The standard InChI is InChI=1S/C14H15N3O3/c15-8-3-4-17(7-8)9-5-11-10(14(19)20)1-2-12(18)13(11)16-6-9/h1-2,5-6,8,18H,3-4,7,15H2,(H,19,20)/t8-/m0/s1. The van der Waals surface area contributed by atoms with Gasteiger partial charge in [-0.2, -0.15) is 0 Å². The molecule has 1 fully saturated rings. The molecular weight excluding hydrogens is 258 g/mol. The quantitative estimate of drug-likeness (QED) is 0.759. The summed E-state index contributed by atoms with van der Waals surface area (Å²) in [5.41, 5.74) is 7.15. The minimum absolute atomic E-state index is 0.0188. The molecule has 1 saturated heterocycles. The first-order valence-electron chi connectivity index (χ1n) is 6.42. The zero-order valence-electron chi connectivity index (χ0n) is 10.8. The van der Waals surface area contributed by atoms with E-state index >= 15 is 0 Å². The van der Waals surface area contributed by atoms with Gasteiger partial charge in [0.05, 0.1) is 17.4 Å². The third-order valence-electron chi connectivity index (χ3n) is 3.63. The predicted octanol–water partition coefficient (Wildman–Crippen LogP) is 1.18. The fourth-order valence-corrected chi connectivity index (χ4v) is 2.58. The second kappa shape index (κ2) is 4.64. The van der Waals surface area contributed by atoms with Crippen molar-refractivity contribution in [1.82, 2.24) is 4.98 Å². The Balaban J connectivity index is 2.14. The van der Waals surface area contributed by atoms with Crippen LogP contribution >= 0.6 is 0 Å². The molecule has 2 aromatic rings. The molecule has 4 N–H and O–H groups in total. The van der Waals surface area contributed by atoms with E-state index in [2.05, 4.69) is 9.88 Å². The van der Waals surface area contributed by atoms with Crippen LogP contribution in [0.5, 0.6) is 5.75 Å². The number of nitrogens with zero attached hydrogens (tertiary/aromatic N) is 2. The van der Waals surface area contributed by atoms with Crippen molar-refractivity contribution in [2.24, 2.45) is 5.73 Å². The number of hydrogen-bond acceptors (Lipinski definition) is 5. The van der Waals surface area contributed by atoms with Gasteiger partial charge in [0.1, 0.15) is 11.3 Å². The Morgan fingerprint density at radius 3 is 2.90 bits per heavy atom. The summed E-state index contributed by atoms with van der Waals surface area (Å²) in [4.78, 5) is 17.5. The van der Waals surface area contributed by atoms with Gasteiger partial charge in [0, 0.05) is 24.5 Å². The van der Waals surface area contributed by atoms with Gasteiger partial charge in [0.25, 0.3) is 0 Å². The maximum absolute atomic E-state index is 11.3. The Hall–Kier alpha value is -2.34. The zero-order valence-corrected chi connectivity index (χ0v) is 10.8. The number of phenols is 1. The number of benzene rings is 1. The van der Waals surface area contributed by atoms with Crippen LogP contribution in [0, 0.1) is 0 Å². The number of carbonyl (C=O) groups is 1. The topological polar surface area (TPSA) is 99.7 Å². The number of hydrogen-bond donors (Lipinski definition) is 3. The molecule has 0 spiro atoms. The summed E-state index contributed by atoms with van der Waals surface area (Å²) in [6.07, 6.45) is 2.55. The lowest BCUT2D eigenvalue weighted by Crippen LogP contribution is -2.26. The van der Waals surface area contributed by atoms with E-state index in [0.29, 0.717) is 10.9 Å². The van der Waals surface area contributed by atoms with E-state index in [-0.39, 0.29) is 17.4 Å². The van der Waals surface area contributed by atoms with E-state index in [1.165, 1.54) is 12.1 Å². The van der Waals surface area contributed by atoms with E-state index < -0.39 is 5.97 Å². The Kier molecular flexibility index (Phi) is 2.94. The average molecular weight is 273 g/mol. The van der Waals surface area contributed by atoms with Crippen LogP contribution in [0.3, 0.4) is 0 Å². The maximum Gasteiger partial charge on any atom is 0.336 e. The Morgan fingerprint density at radius 1 is 1.45 bits per heavy atom. The molecule has 6 heteroatoms. The van der Waals surface area contributed by atoms with E-state index in [0.717, 1.165) is 25.2 Å². The van der Waals surface area contributed by atoms with Crippen LogP contribution in [0.2, 0.25) is 0 Å². The van der Waals surface area contributed by atoms with Gasteiger partial charge in [-0.15, -0.1) is 0 Å². The van der Waals surface area contributed by atoms with Crippen molar-refractivity contribution in [3.8, 4) is 5.75 Å². The van der Waals surface area contributed by atoms with Gasteiger partial charge >= 0.3 is 5.97 Å². The molecule has 0 saturated carbocycles. The molecular formula is C14H15N3O3. The van der Waals surface area contributed by atoms with Crippen molar-refractivity contribution in [3.05, 3.63) is 30.0 Å². The monoisotopic (exact) mass is 273 g/mol. The first-order chi connectivity index (χ1) is 9.56. The molecule has 1 aromatic heterocycles. The highest BCUT2D eigenvalue weighted by Gasteiger charge is 2.21. The smallest absolute Gasteiger partial charge is 0.336 e. The van der Waals surface area contributed by atoms with Crippen molar-refractivity contribution in [3.63, 3.8) is 0 Å². The number of aromatic carboxylic acids is 1. The van der Waals surface area contributed by atoms with Gasteiger partial charge in [-0.1, -0.05) is 0 Å². The number of carboxylic acid groups (broad SMARTS) is 1. The van der Waals surface area contributed by atoms with Crippen LogP contribution in [0.25, 0.3) is 10.9 Å². The second-order valence-electron chi connectivity index (χ2n) is 5.02. The minimum Gasteiger partial charge on any atom is -0.506 e. The van der Waals surface area contributed by atoms with Crippen LogP contribution < -0.4 is 10.6 Å². The molecule has 1 atom stereocenters. The van der Waals surface area contributed by atoms with E-state index in [9.17, 15) is 15.0 Å². The van der Waals surface area contributed by atoms with Crippen molar-refractivity contribution >= 4 is 22.6 Å². The van der Waals surface area contributed by atoms with Crippen LogP contribution in [-0.4, -0.2) is 40.3 Å². The van der Waals surface area contributed by atoms with E-state index in [1.807, 2.05) is 0 Å².